The number of carbonyl (C=O) groups excluding carboxylic acids is 3. The highest BCUT2D eigenvalue weighted by Gasteiger charge is 2.53. The second kappa shape index (κ2) is 9.37. The lowest BCUT2D eigenvalue weighted by molar-refractivity contribution is -1.06. The molecule has 182 valence electrons. The first-order valence-electron chi connectivity index (χ1n) is 10.3. The molecule has 1 aromatic heterocycles. The molecule has 14 heteroatoms. The predicted octanol–water partition coefficient (Wildman–Crippen LogP) is -1.18. The van der Waals surface area contributed by atoms with Crippen molar-refractivity contribution >= 4 is 51.7 Å². The molecular formula is C20H24N6O6S2. The molecule has 3 atom stereocenters. The van der Waals surface area contributed by atoms with Crippen LogP contribution in [0.3, 0.4) is 0 Å². The van der Waals surface area contributed by atoms with Crippen molar-refractivity contribution in [3.63, 3.8) is 0 Å². The topological polar surface area (TPSA) is 159 Å². The van der Waals surface area contributed by atoms with Crippen LogP contribution in [-0.4, -0.2) is 89.0 Å². The van der Waals surface area contributed by atoms with Crippen LogP contribution in [0.1, 0.15) is 12.1 Å². The molecule has 1 aromatic rings. The summed E-state index contributed by atoms with van der Waals surface area (Å²) in [6.45, 7) is 0.839. The number of carboxylic acid groups (broad SMARTS) is 1. The molecule has 0 bridgehead atoms. The quantitative estimate of drug-likeness (QED) is 0.200. The summed E-state index contributed by atoms with van der Waals surface area (Å²) in [4.78, 5) is 53.4. The van der Waals surface area contributed by atoms with Crippen LogP contribution < -0.4 is 16.2 Å². The van der Waals surface area contributed by atoms with Crippen molar-refractivity contribution < 1.29 is 33.8 Å². The number of fused-ring (bicyclic) bond motifs is 1. The summed E-state index contributed by atoms with van der Waals surface area (Å²) in [5.41, 5.74) is 5.96. The SMILES string of the molecule is CO/N=C(\C(=O)N[C@@H]1C(=O)N2C(C(=O)[O-])=C(/C=C\[C@H]3CC[N+](C)(C)O3)CS[C@H]12)c1csc(N)n1. The smallest absolute Gasteiger partial charge is 0.276 e. The second-order valence-electron chi connectivity index (χ2n) is 8.30. The van der Waals surface area contributed by atoms with Gasteiger partial charge in [0.05, 0.1) is 25.8 Å². The molecule has 34 heavy (non-hydrogen) atoms. The first kappa shape index (κ1) is 24.2. The number of anilines is 1. The van der Waals surface area contributed by atoms with E-state index in [1.54, 1.807) is 11.5 Å². The molecule has 4 heterocycles. The zero-order valence-electron chi connectivity index (χ0n) is 18.7. The fraction of sp³-hybridized carbons (Fsp3) is 0.450. The molecule has 0 aromatic carbocycles. The van der Waals surface area contributed by atoms with Gasteiger partial charge in [0.2, 0.25) is 0 Å². The van der Waals surface area contributed by atoms with Crippen LogP contribution in [0.4, 0.5) is 5.13 Å². The van der Waals surface area contributed by atoms with Crippen LogP contribution in [0.5, 0.6) is 0 Å². The molecule has 3 aliphatic heterocycles. The van der Waals surface area contributed by atoms with E-state index in [-0.39, 0.29) is 28.3 Å². The van der Waals surface area contributed by atoms with Gasteiger partial charge in [-0.15, -0.1) is 23.1 Å². The Hall–Kier alpha value is -2.94. The number of allylic oxidation sites excluding steroid dienone is 1. The number of nitrogens with one attached hydrogen (secondary N) is 1. The van der Waals surface area contributed by atoms with Gasteiger partial charge in [0.1, 0.15) is 36.9 Å². The average Bonchev–Trinajstić information content (AvgIpc) is 3.37. The molecule has 3 aliphatic rings. The van der Waals surface area contributed by atoms with Crippen molar-refractivity contribution in [1.29, 1.82) is 0 Å². The summed E-state index contributed by atoms with van der Waals surface area (Å²) < 4.78 is 0.423. The van der Waals surface area contributed by atoms with E-state index in [9.17, 15) is 19.5 Å². The maximum Gasteiger partial charge on any atom is 0.276 e. The minimum Gasteiger partial charge on any atom is -0.543 e. The third-order valence-corrected chi connectivity index (χ3v) is 7.50. The molecule has 3 N–H and O–H groups in total. The number of thiazole rings is 1. The van der Waals surface area contributed by atoms with E-state index < -0.39 is 29.2 Å². The number of carboxylic acids is 1. The van der Waals surface area contributed by atoms with Crippen LogP contribution in [0.25, 0.3) is 0 Å². The maximum atomic E-state index is 12.9. The standard InChI is InChI=1S/C20H24N6O6S2/c1-26(2)7-6-11(32-26)5-4-10-8-33-18-14(17(28)25(18)15(10)19(29)30)23-16(27)13(24-31-3)12-9-34-20(21)22-12/h4-5,9,11,14,18H,6-8H2,1-3H3,(H3-,21,22,23,27,29,30)/b5-4-,24-13-/t11-,14+,18+/m0/s1. The van der Waals surface area contributed by atoms with Gasteiger partial charge in [0, 0.05) is 17.6 Å². The van der Waals surface area contributed by atoms with Gasteiger partial charge < -0.3 is 25.8 Å². The summed E-state index contributed by atoms with van der Waals surface area (Å²) in [6.07, 6.45) is 4.15. The number of oxime groups is 1. The van der Waals surface area contributed by atoms with Crippen LogP contribution in [0.2, 0.25) is 0 Å². The number of nitrogens with zero attached hydrogens (tertiary/aromatic N) is 4. The maximum absolute atomic E-state index is 12.9. The Morgan fingerprint density at radius 2 is 2.24 bits per heavy atom. The summed E-state index contributed by atoms with van der Waals surface area (Å²) >= 11 is 2.47. The van der Waals surface area contributed by atoms with E-state index in [2.05, 4.69) is 15.5 Å². The van der Waals surface area contributed by atoms with E-state index in [1.165, 1.54) is 18.9 Å². The van der Waals surface area contributed by atoms with Gasteiger partial charge in [-0.3, -0.25) is 14.5 Å². The molecule has 2 amide bonds. The number of quaternary nitrogens is 1. The van der Waals surface area contributed by atoms with E-state index in [1.807, 2.05) is 20.2 Å². The second-order valence-corrected chi connectivity index (χ2v) is 10.3. The number of aromatic nitrogens is 1. The minimum atomic E-state index is -1.45. The lowest BCUT2D eigenvalue weighted by Gasteiger charge is -2.50. The van der Waals surface area contributed by atoms with Crippen molar-refractivity contribution in [2.24, 2.45) is 5.16 Å². The van der Waals surface area contributed by atoms with Gasteiger partial charge >= 0.3 is 0 Å². The zero-order valence-corrected chi connectivity index (χ0v) is 20.4. The van der Waals surface area contributed by atoms with Crippen molar-refractivity contribution in [1.82, 2.24) is 15.2 Å². The summed E-state index contributed by atoms with van der Waals surface area (Å²) in [5.74, 6) is -2.37. The molecule has 0 aliphatic carbocycles. The van der Waals surface area contributed by atoms with Crippen molar-refractivity contribution in [3.8, 4) is 0 Å². The Labute approximate surface area is 203 Å². The number of β-lactam (4-membered cyclic amide) rings is 1. The fourth-order valence-corrected chi connectivity index (χ4v) is 5.79. The van der Waals surface area contributed by atoms with Crippen LogP contribution in [-0.2, 0) is 24.1 Å². The number of rotatable bonds is 7. The number of hydroxylamine groups is 3. The normalized spacial score (nSPS) is 26.4. The molecule has 0 saturated carbocycles. The molecule has 12 nitrogen and oxygen atoms in total. The summed E-state index contributed by atoms with van der Waals surface area (Å²) in [7, 11) is 5.17. The number of amides is 2. The van der Waals surface area contributed by atoms with Crippen molar-refractivity contribution in [2.45, 2.75) is 23.9 Å². The predicted molar refractivity (Wildman–Crippen MR) is 123 cm³/mol. The third-order valence-electron chi connectivity index (χ3n) is 5.52. The molecule has 4 rings (SSSR count). The van der Waals surface area contributed by atoms with Gasteiger partial charge in [-0.2, -0.15) is 9.48 Å². The van der Waals surface area contributed by atoms with Crippen LogP contribution in [0, 0.1) is 0 Å². The van der Waals surface area contributed by atoms with E-state index in [4.69, 9.17) is 15.4 Å². The Kier molecular flexibility index (Phi) is 6.66. The number of aliphatic carboxylic acids is 1. The Bertz CT molecular complexity index is 1110. The highest BCUT2D eigenvalue weighted by atomic mass is 32.2. The monoisotopic (exact) mass is 508 g/mol. The van der Waals surface area contributed by atoms with Gasteiger partial charge in [-0.25, -0.2) is 4.98 Å². The number of carbonyl (C=O) groups is 3. The Morgan fingerprint density at radius 3 is 2.82 bits per heavy atom. The average molecular weight is 509 g/mol. The van der Waals surface area contributed by atoms with Crippen molar-refractivity contribution in [2.75, 3.05) is 39.2 Å². The number of hydrogen-bond donors (Lipinski definition) is 2. The number of hydrogen-bond acceptors (Lipinski definition) is 11. The third kappa shape index (κ3) is 4.66. The van der Waals surface area contributed by atoms with Crippen LogP contribution in [0.15, 0.2) is 34.0 Å². The zero-order chi connectivity index (χ0) is 24.6. The lowest BCUT2D eigenvalue weighted by atomic mass is 10.0. The molecule has 2 fully saturated rings. The Balaban J connectivity index is 1.49. The van der Waals surface area contributed by atoms with Gasteiger partial charge in [-0.05, 0) is 11.6 Å². The molecule has 0 unspecified atom stereocenters. The van der Waals surface area contributed by atoms with Crippen LogP contribution >= 0.6 is 23.1 Å². The molecule has 0 radical (unpaired) electrons. The molecule has 0 spiro atoms. The largest absolute Gasteiger partial charge is 0.543 e. The van der Waals surface area contributed by atoms with E-state index in [0.717, 1.165) is 29.2 Å². The minimum absolute atomic E-state index is 0.139. The summed E-state index contributed by atoms with van der Waals surface area (Å²) in [6, 6.07) is -0.938. The van der Waals surface area contributed by atoms with Gasteiger partial charge in [-0.1, -0.05) is 11.2 Å². The van der Waals surface area contributed by atoms with Gasteiger partial charge in [0.15, 0.2) is 10.8 Å². The lowest BCUT2D eigenvalue weighted by Crippen LogP contribution is -2.71. The molecule has 2 saturated heterocycles. The first-order chi connectivity index (χ1) is 16.1. The fourth-order valence-electron chi connectivity index (χ4n) is 3.93. The number of thioether (sulfide) groups is 1. The first-order valence-corrected chi connectivity index (χ1v) is 12.3. The molecular weight excluding hydrogens is 484 g/mol. The number of nitrogens with two attached hydrogens (primary N) is 1. The number of nitrogen functional groups attached to an aromatic ring is 1. The van der Waals surface area contributed by atoms with E-state index in [0.29, 0.717) is 16.0 Å². The van der Waals surface area contributed by atoms with Gasteiger partial charge in [0.25, 0.3) is 11.8 Å². The van der Waals surface area contributed by atoms with E-state index >= 15 is 0 Å². The Morgan fingerprint density at radius 1 is 1.47 bits per heavy atom. The highest BCUT2D eigenvalue weighted by Crippen LogP contribution is 2.40. The highest BCUT2D eigenvalue weighted by molar-refractivity contribution is 8.00. The van der Waals surface area contributed by atoms with Crippen molar-refractivity contribution in [3.05, 3.63) is 34.5 Å². The summed E-state index contributed by atoms with van der Waals surface area (Å²) in [5, 5.41) is 19.4.